The Morgan fingerprint density at radius 2 is 1.67 bits per heavy atom. The van der Waals surface area contributed by atoms with Crippen molar-refractivity contribution >= 4 is 5.97 Å². The molecule has 0 saturated heterocycles. The Morgan fingerprint density at radius 1 is 1.17 bits per heavy atom. The minimum absolute atomic E-state index is 0.148. The topological polar surface area (TPSA) is 37.3 Å². The molecule has 0 aliphatic heterocycles. The molecule has 2 nitrogen and oxygen atoms in total. The van der Waals surface area contributed by atoms with Crippen molar-refractivity contribution in [2.24, 2.45) is 10.8 Å². The smallest absolute Gasteiger partial charge is 0.310 e. The van der Waals surface area contributed by atoms with E-state index in [-0.39, 0.29) is 10.8 Å². The Balaban J connectivity index is 2.27. The summed E-state index contributed by atoms with van der Waals surface area (Å²) in [6.07, 6.45) is 6.31. The van der Waals surface area contributed by atoms with E-state index >= 15 is 0 Å². The highest BCUT2D eigenvalue weighted by Gasteiger charge is 2.60. The number of hydrogen-bond acceptors (Lipinski definition) is 1. The molecule has 68 valence electrons. The fourth-order valence-corrected chi connectivity index (χ4v) is 2.72. The molecular weight excluding hydrogens is 152 g/mol. The predicted octanol–water partition coefficient (Wildman–Crippen LogP) is 2.43. The Bertz CT molecular complexity index is 210. The fraction of sp³-hybridized carbons (Fsp3) is 0.900. The number of carboxylic acid groups (broad SMARTS) is 1. The summed E-state index contributed by atoms with van der Waals surface area (Å²) in [6, 6.07) is 0. The van der Waals surface area contributed by atoms with Crippen LogP contribution in [0.25, 0.3) is 0 Å². The quantitative estimate of drug-likeness (QED) is 0.687. The lowest BCUT2D eigenvalue weighted by molar-refractivity contribution is -0.153. The summed E-state index contributed by atoms with van der Waals surface area (Å²) in [4.78, 5) is 11.2. The van der Waals surface area contributed by atoms with Gasteiger partial charge in [0.1, 0.15) is 0 Å². The van der Waals surface area contributed by atoms with E-state index in [1.807, 2.05) is 0 Å². The van der Waals surface area contributed by atoms with Crippen molar-refractivity contribution in [3.8, 4) is 0 Å². The maximum Gasteiger partial charge on any atom is 0.310 e. The SMILES string of the molecule is CC1(C2(C(=O)O)CCCC2)CC1. The van der Waals surface area contributed by atoms with Crippen molar-refractivity contribution in [2.75, 3.05) is 0 Å². The van der Waals surface area contributed by atoms with Crippen LogP contribution in [0, 0.1) is 10.8 Å². The molecule has 2 rings (SSSR count). The van der Waals surface area contributed by atoms with Crippen LogP contribution < -0.4 is 0 Å². The number of carboxylic acids is 1. The molecule has 0 spiro atoms. The second kappa shape index (κ2) is 2.24. The van der Waals surface area contributed by atoms with Gasteiger partial charge in [0, 0.05) is 0 Å². The summed E-state index contributed by atoms with van der Waals surface area (Å²) in [6.45, 7) is 2.15. The summed E-state index contributed by atoms with van der Waals surface area (Å²) in [5.41, 5.74) is -0.192. The van der Waals surface area contributed by atoms with Gasteiger partial charge in [-0.1, -0.05) is 19.8 Å². The Hall–Kier alpha value is -0.530. The van der Waals surface area contributed by atoms with Gasteiger partial charge in [0.25, 0.3) is 0 Å². The van der Waals surface area contributed by atoms with Crippen LogP contribution in [0.15, 0.2) is 0 Å². The molecule has 0 aromatic rings. The highest BCUT2D eigenvalue weighted by atomic mass is 16.4. The highest BCUT2D eigenvalue weighted by molar-refractivity contribution is 5.76. The molecular formula is C10H16O2. The Labute approximate surface area is 73.0 Å². The molecule has 0 aromatic heterocycles. The molecule has 0 bridgehead atoms. The number of rotatable bonds is 2. The van der Waals surface area contributed by atoms with Crippen molar-refractivity contribution in [2.45, 2.75) is 45.4 Å². The summed E-state index contributed by atoms with van der Waals surface area (Å²) >= 11 is 0. The van der Waals surface area contributed by atoms with Gasteiger partial charge in [0.15, 0.2) is 0 Å². The van der Waals surface area contributed by atoms with Gasteiger partial charge in [-0.15, -0.1) is 0 Å². The van der Waals surface area contributed by atoms with Gasteiger partial charge in [-0.3, -0.25) is 4.79 Å². The fourth-order valence-electron chi connectivity index (χ4n) is 2.72. The first kappa shape index (κ1) is 8.09. The number of aliphatic carboxylic acids is 1. The van der Waals surface area contributed by atoms with Crippen LogP contribution in [0.2, 0.25) is 0 Å². The van der Waals surface area contributed by atoms with Crippen LogP contribution in [0.3, 0.4) is 0 Å². The van der Waals surface area contributed by atoms with E-state index in [4.69, 9.17) is 0 Å². The second-order valence-electron chi connectivity index (χ2n) is 4.66. The van der Waals surface area contributed by atoms with Crippen molar-refractivity contribution in [3.63, 3.8) is 0 Å². The lowest BCUT2D eigenvalue weighted by Crippen LogP contribution is -2.35. The largest absolute Gasteiger partial charge is 0.481 e. The van der Waals surface area contributed by atoms with Gasteiger partial charge in [-0.25, -0.2) is 0 Å². The molecule has 1 N–H and O–H groups in total. The molecule has 0 aromatic carbocycles. The normalized spacial score (nSPS) is 30.1. The van der Waals surface area contributed by atoms with E-state index in [1.54, 1.807) is 0 Å². The van der Waals surface area contributed by atoms with Gasteiger partial charge in [0.2, 0.25) is 0 Å². The van der Waals surface area contributed by atoms with Crippen LogP contribution in [0.5, 0.6) is 0 Å². The first-order valence-electron chi connectivity index (χ1n) is 4.84. The van der Waals surface area contributed by atoms with E-state index in [0.717, 1.165) is 38.5 Å². The van der Waals surface area contributed by atoms with E-state index < -0.39 is 5.97 Å². The van der Waals surface area contributed by atoms with Crippen molar-refractivity contribution in [1.82, 2.24) is 0 Å². The molecule has 2 fully saturated rings. The van der Waals surface area contributed by atoms with Crippen LogP contribution >= 0.6 is 0 Å². The molecule has 0 unspecified atom stereocenters. The van der Waals surface area contributed by atoms with E-state index in [1.165, 1.54) is 0 Å². The lowest BCUT2D eigenvalue weighted by Gasteiger charge is -2.30. The summed E-state index contributed by atoms with van der Waals surface area (Å²) in [7, 11) is 0. The molecule has 0 atom stereocenters. The average molecular weight is 168 g/mol. The molecule has 0 heterocycles. The van der Waals surface area contributed by atoms with E-state index in [9.17, 15) is 9.90 Å². The highest BCUT2D eigenvalue weighted by Crippen LogP contribution is 2.64. The Morgan fingerprint density at radius 3 is 2.00 bits per heavy atom. The molecule has 2 saturated carbocycles. The molecule has 0 amide bonds. The zero-order valence-electron chi connectivity index (χ0n) is 7.60. The van der Waals surface area contributed by atoms with Crippen LogP contribution in [-0.4, -0.2) is 11.1 Å². The zero-order valence-corrected chi connectivity index (χ0v) is 7.60. The first-order valence-corrected chi connectivity index (χ1v) is 4.84. The zero-order chi connectivity index (χ0) is 8.82. The van der Waals surface area contributed by atoms with E-state index in [0.29, 0.717) is 0 Å². The van der Waals surface area contributed by atoms with Gasteiger partial charge in [-0.2, -0.15) is 0 Å². The van der Waals surface area contributed by atoms with Gasteiger partial charge >= 0.3 is 5.97 Å². The second-order valence-corrected chi connectivity index (χ2v) is 4.66. The summed E-state index contributed by atoms with van der Waals surface area (Å²) in [5.74, 6) is -0.542. The van der Waals surface area contributed by atoms with Gasteiger partial charge in [0.05, 0.1) is 5.41 Å². The predicted molar refractivity (Wildman–Crippen MR) is 45.9 cm³/mol. The van der Waals surface area contributed by atoms with Crippen LogP contribution in [0.4, 0.5) is 0 Å². The summed E-state index contributed by atoms with van der Waals surface area (Å²) in [5, 5.41) is 9.24. The lowest BCUT2D eigenvalue weighted by atomic mass is 9.72. The third-order valence-corrected chi connectivity index (χ3v) is 4.02. The Kier molecular flexibility index (Phi) is 1.51. The molecule has 2 aliphatic carbocycles. The van der Waals surface area contributed by atoms with E-state index in [2.05, 4.69) is 6.92 Å². The maximum atomic E-state index is 11.2. The summed E-state index contributed by atoms with van der Waals surface area (Å²) < 4.78 is 0. The van der Waals surface area contributed by atoms with Crippen LogP contribution in [0.1, 0.15) is 45.4 Å². The van der Waals surface area contributed by atoms with Gasteiger partial charge in [-0.05, 0) is 31.1 Å². The number of hydrogen-bond donors (Lipinski definition) is 1. The monoisotopic (exact) mass is 168 g/mol. The minimum atomic E-state index is -0.542. The third kappa shape index (κ3) is 0.838. The average Bonchev–Trinajstić information content (AvgIpc) is 2.62. The van der Waals surface area contributed by atoms with Crippen molar-refractivity contribution in [1.29, 1.82) is 0 Å². The number of carbonyl (C=O) groups is 1. The maximum absolute atomic E-state index is 11.2. The van der Waals surface area contributed by atoms with Crippen molar-refractivity contribution in [3.05, 3.63) is 0 Å². The molecule has 2 aliphatic rings. The molecule has 0 radical (unpaired) electrons. The van der Waals surface area contributed by atoms with Gasteiger partial charge < -0.3 is 5.11 Å². The first-order chi connectivity index (χ1) is 5.61. The van der Waals surface area contributed by atoms with Crippen LogP contribution in [-0.2, 0) is 4.79 Å². The standard InChI is InChI=1S/C10H16O2/c1-9(6-7-9)10(8(11)12)4-2-3-5-10/h2-7H2,1H3,(H,11,12). The third-order valence-electron chi connectivity index (χ3n) is 4.02. The minimum Gasteiger partial charge on any atom is -0.481 e. The molecule has 2 heteroatoms. The molecule has 12 heavy (non-hydrogen) atoms. The van der Waals surface area contributed by atoms with Crippen molar-refractivity contribution < 1.29 is 9.90 Å².